The first kappa shape index (κ1) is 11.0. The molecule has 1 aliphatic carbocycles. The van der Waals surface area contributed by atoms with Gasteiger partial charge < -0.3 is 0 Å². The second-order valence-corrected chi connectivity index (χ2v) is 5.31. The molecule has 0 radical (unpaired) electrons. The van der Waals surface area contributed by atoms with E-state index in [0.717, 1.165) is 10.8 Å². The van der Waals surface area contributed by atoms with Gasteiger partial charge in [0.05, 0.1) is 17.1 Å². The molecule has 0 saturated heterocycles. The second-order valence-electron chi connectivity index (χ2n) is 4.50. The van der Waals surface area contributed by atoms with Crippen LogP contribution >= 0.6 is 11.5 Å². The van der Waals surface area contributed by atoms with Gasteiger partial charge in [0.2, 0.25) is 0 Å². The number of aromatic nitrogens is 2. The van der Waals surface area contributed by atoms with Gasteiger partial charge in [0, 0.05) is 0 Å². The van der Waals surface area contributed by atoms with Crippen LogP contribution in [0.5, 0.6) is 0 Å². The normalized spacial score (nSPS) is 28.9. The van der Waals surface area contributed by atoms with Crippen LogP contribution in [0.25, 0.3) is 0 Å². The molecular weight excluding hydrogens is 208 g/mol. The lowest BCUT2D eigenvalue weighted by Crippen LogP contribution is -2.35. The van der Waals surface area contributed by atoms with Crippen molar-refractivity contribution in [1.29, 1.82) is 0 Å². The number of nitrogens with one attached hydrogen (secondary N) is 1. The van der Waals surface area contributed by atoms with Crippen LogP contribution in [0.15, 0.2) is 6.20 Å². The van der Waals surface area contributed by atoms with Gasteiger partial charge in [-0.05, 0) is 36.2 Å². The Kier molecular flexibility index (Phi) is 3.66. The van der Waals surface area contributed by atoms with Crippen LogP contribution < -0.4 is 11.3 Å². The number of nitrogens with two attached hydrogens (primary N) is 1. The fourth-order valence-electron chi connectivity index (χ4n) is 2.55. The highest BCUT2D eigenvalue weighted by atomic mass is 32.1. The largest absolute Gasteiger partial charge is 0.271 e. The van der Waals surface area contributed by atoms with E-state index in [1.807, 2.05) is 6.20 Å². The average molecular weight is 226 g/mol. The van der Waals surface area contributed by atoms with Gasteiger partial charge in [-0.1, -0.05) is 24.3 Å². The lowest BCUT2D eigenvalue weighted by molar-refractivity contribution is 0.226. The van der Waals surface area contributed by atoms with E-state index in [9.17, 15) is 0 Å². The molecule has 15 heavy (non-hydrogen) atoms. The number of hydrogen-bond donors (Lipinski definition) is 2. The van der Waals surface area contributed by atoms with E-state index in [-0.39, 0.29) is 6.04 Å². The summed E-state index contributed by atoms with van der Waals surface area (Å²) in [5.41, 5.74) is 2.93. The molecule has 3 atom stereocenters. The first-order valence-corrected chi connectivity index (χ1v) is 6.32. The predicted octanol–water partition coefficient (Wildman–Crippen LogP) is 1.87. The van der Waals surface area contributed by atoms with Crippen molar-refractivity contribution in [3.05, 3.63) is 11.1 Å². The van der Waals surface area contributed by atoms with E-state index in [0.29, 0.717) is 5.92 Å². The first-order valence-electron chi connectivity index (χ1n) is 5.54. The minimum atomic E-state index is 0.243. The summed E-state index contributed by atoms with van der Waals surface area (Å²) in [6.45, 7) is 2.32. The molecule has 0 aliphatic heterocycles. The molecule has 1 heterocycles. The van der Waals surface area contributed by atoms with Crippen LogP contribution in [0.1, 0.15) is 43.5 Å². The topological polar surface area (TPSA) is 63.8 Å². The minimum Gasteiger partial charge on any atom is -0.271 e. The predicted molar refractivity (Wildman–Crippen MR) is 61.1 cm³/mol. The van der Waals surface area contributed by atoms with Gasteiger partial charge in [0.25, 0.3) is 0 Å². The van der Waals surface area contributed by atoms with Crippen molar-refractivity contribution in [2.45, 2.75) is 38.6 Å². The summed E-state index contributed by atoms with van der Waals surface area (Å²) in [7, 11) is 0. The first-order chi connectivity index (χ1) is 7.31. The van der Waals surface area contributed by atoms with Crippen LogP contribution in [0.4, 0.5) is 0 Å². The highest BCUT2D eigenvalue weighted by Crippen LogP contribution is 2.37. The summed E-state index contributed by atoms with van der Waals surface area (Å²) in [5.74, 6) is 7.10. The van der Waals surface area contributed by atoms with Crippen LogP contribution in [-0.2, 0) is 0 Å². The van der Waals surface area contributed by atoms with Gasteiger partial charge in [0.15, 0.2) is 0 Å². The average Bonchev–Trinajstić information content (AvgIpc) is 2.72. The van der Waals surface area contributed by atoms with Crippen LogP contribution in [0.3, 0.4) is 0 Å². The Morgan fingerprint density at radius 2 is 2.47 bits per heavy atom. The van der Waals surface area contributed by atoms with Crippen molar-refractivity contribution in [3.8, 4) is 0 Å². The Morgan fingerprint density at radius 3 is 3.07 bits per heavy atom. The van der Waals surface area contributed by atoms with Gasteiger partial charge in [-0.2, -0.15) is 0 Å². The molecule has 3 unspecified atom stereocenters. The zero-order valence-electron chi connectivity index (χ0n) is 9.02. The quantitative estimate of drug-likeness (QED) is 0.610. The maximum Gasteiger partial charge on any atom is 0.0669 e. The van der Waals surface area contributed by atoms with E-state index in [4.69, 9.17) is 5.84 Å². The van der Waals surface area contributed by atoms with Crippen LogP contribution in [-0.4, -0.2) is 9.59 Å². The third-order valence-corrected chi connectivity index (χ3v) is 4.06. The molecule has 1 saturated carbocycles. The van der Waals surface area contributed by atoms with Gasteiger partial charge in [-0.3, -0.25) is 11.3 Å². The van der Waals surface area contributed by atoms with Gasteiger partial charge in [0.1, 0.15) is 0 Å². The maximum atomic E-state index is 5.64. The Morgan fingerprint density at radius 1 is 1.60 bits per heavy atom. The molecule has 3 N–H and O–H groups in total. The Labute approximate surface area is 94.4 Å². The molecule has 1 fully saturated rings. The molecular formula is C10H18N4S. The zero-order chi connectivity index (χ0) is 10.7. The zero-order valence-corrected chi connectivity index (χ0v) is 9.83. The minimum absolute atomic E-state index is 0.243. The van der Waals surface area contributed by atoms with Crippen molar-refractivity contribution in [2.75, 3.05) is 0 Å². The second kappa shape index (κ2) is 5.01. The number of hydrazine groups is 1. The molecule has 2 rings (SSSR count). The van der Waals surface area contributed by atoms with Crippen molar-refractivity contribution < 1.29 is 0 Å². The number of nitrogens with zero attached hydrogens (tertiary/aromatic N) is 2. The molecule has 0 amide bonds. The fraction of sp³-hybridized carbons (Fsp3) is 0.800. The Balaban J connectivity index is 2.06. The van der Waals surface area contributed by atoms with E-state index < -0.39 is 0 Å². The monoisotopic (exact) mass is 226 g/mol. The molecule has 1 aromatic heterocycles. The smallest absolute Gasteiger partial charge is 0.0669 e. The van der Waals surface area contributed by atoms with Crippen molar-refractivity contribution in [3.63, 3.8) is 0 Å². The summed E-state index contributed by atoms with van der Waals surface area (Å²) < 4.78 is 3.90. The van der Waals surface area contributed by atoms with E-state index >= 15 is 0 Å². The maximum absolute atomic E-state index is 5.64. The summed E-state index contributed by atoms with van der Waals surface area (Å²) in [6, 6.07) is 0.243. The van der Waals surface area contributed by atoms with Gasteiger partial charge >= 0.3 is 0 Å². The number of rotatable bonds is 3. The standard InChI is InChI=1S/C10H18N4S/c1-7-3-2-4-8(5-7)10(13-11)9-6-12-14-15-9/h6-8,10,13H,2-5,11H2,1H3. The molecule has 84 valence electrons. The molecule has 0 spiro atoms. The molecule has 0 bridgehead atoms. The summed E-state index contributed by atoms with van der Waals surface area (Å²) in [5, 5.41) is 3.88. The Hall–Kier alpha value is -0.520. The lowest BCUT2D eigenvalue weighted by atomic mass is 9.78. The van der Waals surface area contributed by atoms with Crippen molar-refractivity contribution >= 4 is 11.5 Å². The van der Waals surface area contributed by atoms with Crippen molar-refractivity contribution in [1.82, 2.24) is 15.0 Å². The number of hydrogen-bond acceptors (Lipinski definition) is 5. The van der Waals surface area contributed by atoms with E-state index in [1.165, 1.54) is 37.2 Å². The molecule has 4 nitrogen and oxygen atoms in total. The SMILES string of the molecule is CC1CCCC(C(NN)c2cnns2)C1. The van der Waals surface area contributed by atoms with E-state index in [1.54, 1.807) is 0 Å². The summed E-state index contributed by atoms with van der Waals surface area (Å²) in [6.07, 6.45) is 7.02. The van der Waals surface area contributed by atoms with E-state index in [2.05, 4.69) is 21.9 Å². The highest BCUT2D eigenvalue weighted by molar-refractivity contribution is 7.05. The summed E-state index contributed by atoms with van der Waals surface area (Å²) in [4.78, 5) is 1.16. The van der Waals surface area contributed by atoms with Crippen molar-refractivity contribution in [2.24, 2.45) is 17.7 Å². The molecule has 1 aromatic rings. The highest BCUT2D eigenvalue weighted by Gasteiger charge is 2.28. The molecule has 5 heteroatoms. The Bertz CT molecular complexity index is 288. The van der Waals surface area contributed by atoms with Gasteiger partial charge in [-0.25, -0.2) is 0 Å². The fourth-order valence-corrected chi connectivity index (χ4v) is 3.20. The van der Waals surface area contributed by atoms with Gasteiger partial charge in [-0.15, -0.1) is 5.10 Å². The lowest BCUT2D eigenvalue weighted by Gasteiger charge is -2.31. The van der Waals surface area contributed by atoms with Crippen LogP contribution in [0.2, 0.25) is 0 Å². The summed E-state index contributed by atoms with van der Waals surface area (Å²) >= 11 is 1.45. The van der Waals surface area contributed by atoms with Crippen LogP contribution in [0, 0.1) is 11.8 Å². The third-order valence-electron chi connectivity index (χ3n) is 3.31. The molecule has 0 aromatic carbocycles. The third kappa shape index (κ3) is 2.53. The molecule has 1 aliphatic rings.